The highest BCUT2D eigenvalue weighted by atomic mass is 32.2. The molecule has 3 heterocycles. The molecule has 4 amide bonds. The van der Waals surface area contributed by atoms with Crippen molar-refractivity contribution in [2.24, 2.45) is 0 Å². The van der Waals surface area contributed by atoms with E-state index in [9.17, 15) is 18.8 Å². The van der Waals surface area contributed by atoms with Crippen LogP contribution in [0.3, 0.4) is 0 Å². The van der Waals surface area contributed by atoms with Gasteiger partial charge < -0.3 is 9.64 Å². The molecule has 2 aromatic carbocycles. The van der Waals surface area contributed by atoms with E-state index in [0.29, 0.717) is 35.9 Å². The van der Waals surface area contributed by atoms with Crippen molar-refractivity contribution in [1.29, 1.82) is 0 Å². The predicted octanol–water partition coefficient (Wildman–Crippen LogP) is 3.10. The summed E-state index contributed by atoms with van der Waals surface area (Å²) in [6, 6.07) is 10.7. The smallest absolute Gasteiger partial charge is 0.490 e. The molecule has 0 aromatic heterocycles. The zero-order chi connectivity index (χ0) is 23.1. The Morgan fingerprint density at radius 3 is 2.79 bits per heavy atom. The van der Waals surface area contributed by atoms with Crippen LogP contribution >= 0.6 is 11.8 Å². The first-order chi connectivity index (χ1) is 15.9. The molecule has 1 atom stereocenters. The molecule has 0 fully saturated rings. The zero-order valence-electron chi connectivity index (χ0n) is 17.9. The van der Waals surface area contributed by atoms with Crippen molar-refractivity contribution in [3.63, 3.8) is 0 Å². The van der Waals surface area contributed by atoms with Crippen molar-refractivity contribution in [3.8, 4) is 5.75 Å². The van der Waals surface area contributed by atoms with Crippen molar-refractivity contribution in [1.82, 2.24) is 4.90 Å². The minimum Gasteiger partial charge on any atom is -0.490 e. The Morgan fingerprint density at radius 2 is 2.00 bits per heavy atom. The van der Waals surface area contributed by atoms with Crippen molar-refractivity contribution >= 4 is 41.0 Å². The van der Waals surface area contributed by atoms with Gasteiger partial charge in [-0.05, 0) is 53.8 Å². The monoisotopic (exact) mass is 466 g/mol. The number of carbonyl (C=O) groups is 3. The molecule has 7 nitrogen and oxygen atoms in total. The molecular weight excluding hydrogens is 445 g/mol. The van der Waals surface area contributed by atoms with Gasteiger partial charge in [-0.2, -0.15) is 14.3 Å². The van der Waals surface area contributed by atoms with Gasteiger partial charge in [-0.25, -0.2) is 9.18 Å². The lowest BCUT2D eigenvalue weighted by molar-refractivity contribution is -0.426. The summed E-state index contributed by atoms with van der Waals surface area (Å²) in [4.78, 5) is 42.5. The fourth-order valence-electron chi connectivity index (χ4n) is 4.14. The molecule has 0 bridgehead atoms. The third kappa shape index (κ3) is 3.93. The highest BCUT2D eigenvalue weighted by Gasteiger charge is 2.49. The van der Waals surface area contributed by atoms with Gasteiger partial charge in [0.1, 0.15) is 30.4 Å². The second-order valence-corrected chi connectivity index (χ2v) is 9.04. The van der Waals surface area contributed by atoms with E-state index in [2.05, 4.69) is 0 Å². The first-order valence-corrected chi connectivity index (χ1v) is 11.5. The third-order valence-corrected chi connectivity index (χ3v) is 6.82. The maximum absolute atomic E-state index is 13.4. The maximum atomic E-state index is 13.4. The van der Waals surface area contributed by atoms with Crippen molar-refractivity contribution in [3.05, 3.63) is 70.9 Å². The van der Waals surface area contributed by atoms with E-state index in [1.54, 1.807) is 16.4 Å². The highest BCUT2D eigenvalue weighted by Crippen LogP contribution is 2.33. The zero-order valence-corrected chi connectivity index (χ0v) is 18.7. The van der Waals surface area contributed by atoms with Crippen LogP contribution in [0, 0.1) is 12.7 Å². The minimum absolute atomic E-state index is 0.00651. The summed E-state index contributed by atoms with van der Waals surface area (Å²) in [7, 11) is 0. The van der Waals surface area contributed by atoms with Crippen LogP contribution < -0.4 is 9.64 Å². The van der Waals surface area contributed by atoms with Crippen LogP contribution in [0.2, 0.25) is 0 Å². The summed E-state index contributed by atoms with van der Waals surface area (Å²) in [5.74, 6) is -0.369. The van der Waals surface area contributed by atoms with E-state index in [1.165, 1.54) is 40.6 Å². The maximum Gasteiger partial charge on any atom is 0.501 e. The number of fused-ring (bicyclic) bond motifs is 2. The molecule has 2 aromatic rings. The molecule has 0 saturated carbocycles. The van der Waals surface area contributed by atoms with Gasteiger partial charge in [0.25, 0.3) is 5.91 Å². The average Bonchev–Trinajstić information content (AvgIpc) is 3.30. The van der Waals surface area contributed by atoms with Gasteiger partial charge in [0.2, 0.25) is 0 Å². The quantitative estimate of drug-likeness (QED) is 0.648. The number of halogens is 1. The number of hydrogen-bond acceptors (Lipinski definition) is 5. The van der Waals surface area contributed by atoms with E-state index in [1.807, 2.05) is 25.1 Å². The molecule has 33 heavy (non-hydrogen) atoms. The van der Waals surface area contributed by atoms with E-state index >= 15 is 0 Å². The molecule has 0 radical (unpaired) electrons. The lowest BCUT2D eigenvalue weighted by atomic mass is 10.1. The molecule has 9 heteroatoms. The number of nitrogens with zero attached hydrogens (tertiary/aromatic N) is 3. The summed E-state index contributed by atoms with van der Waals surface area (Å²) < 4.78 is 20.3. The molecule has 1 unspecified atom stereocenters. The highest BCUT2D eigenvalue weighted by molar-refractivity contribution is 8.04. The molecule has 5 rings (SSSR count). The van der Waals surface area contributed by atoms with Gasteiger partial charge in [-0.1, -0.05) is 18.2 Å². The number of imide groups is 1. The van der Waals surface area contributed by atoms with Crippen LogP contribution in [-0.4, -0.2) is 58.0 Å². The summed E-state index contributed by atoms with van der Waals surface area (Å²) in [5.41, 5.74) is 2.80. The number of carbonyl (C=O) groups excluding carboxylic acids is 3. The molecule has 3 aliphatic rings. The number of thioether (sulfide) groups is 1. The van der Waals surface area contributed by atoms with Crippen LogP contribution in [0.5, 0.6) is 5.75 Å². The van der Waals surface area contributed by atoms with Gasteiger partial charge in [0, 0.05) is 0 Å². The number of allylic oxidation sites excluding steroid dienone is 1. The molecule has 0 N–H and O–H groups in total. The number of urea groups is 1. The normalized spacial score (nSPS) is 19.5. The van der Waals surface area contributed by atoms with E-state index in [4.69, 9.17) is 4.74 Å². The molecule has 0 aliphatic carbocycles. The van der Waals surface area contributed by atoms with Crippen molar-refractivity contribution < 1.29 is 28.1 Å². The van der Waals surface area contributed by atoms with Crippen LogP contribution in [0.1, 0.15) is 11.1 Å². The lowest BCUT2D eigenvalue weighted by Crippen LogP contribution is -2.56. The van der Waals surface area contributed by atoms with Crippen LogP contribution in [0.25, 0.3) is 0 Å². The first kappa shape index (κ1) is 21.4. The second kappa shape index (κ2) is 8.47. The standard InChI is InChI=1S/C24H21FN3O4S/c1-15-2-7-20-19(12-15)26(9-10-32-20)21(29)14-27-18-8-11-33-22(18)23(30)28(24(27)31)13-16-3-5-17(25)6-4-16/h2-8,11-12,22H,9-10,13-14H2,1H3/q+1. The fraction of sp³-hybridized carbons (Fsp3) is 0.250. The molecule has 0 spiro atoms. The van der Waals surface area contributed by atoms with E-state index < -0.39 is 17.1 Å². The van der Waals surface area contributed by atoms with Crippen LogP contribution in [0.4, 0.5) is 14.9 Å². The van der Waals surface area contributed by atoms with Crippen LogP contribution in [0.15, 0.2) is 53.9 Å². The van der Waals surface area contributed by atoms with Gasteiger partial charge in [-0.15, -0.1) is 11.8 Å². The van der Waals surface area contributed by atoms with E-state index in [0.717, 1.165) is 10.5 Å². The average molecular weight is 467 g/mol. The Kier molecular flexibility index (Phi) is 5.49. The summed E-state index contributed by atoms with van der Waals surface area (Å²) in [6.07, 6.45) is 1.71. The van der Waals surface area contributed by atoms with Gasteiger partial charge in [0.15, 0.2) is 11.8 Å². The van der Waals surface area contributed by atoms with Gasteiger partial charge in [-0.3, -0.25) is 4.79 Å². The number of aryl methyl sites for hydroxylation is 1. The Morgan fingerprint density at radius 1 is 1.21 bits per heavy atom. The van der Waals surface area contributed by atoms with Gasteiger partial charge >= 0.3 is 11.9 Å². The Hall–Kier alpha value is -3.46. The summed E-state index contributed by atoms with van der Waals surface area (Å²) >= 11 is 1.30. The lowest BCUT2D eigenvalue weighted by Gasteiger charge is -2.30. The fourth-order valence-corrected chi connectivity index (χ4v) is 5.10. The number of rotatable bonds is 4. The second-order valence-electron chi connectivity index (χ2n) is 8.03. The number of hydrogen-bond donors (Lipinski definition) is 0. The third-order valence-electron chi connectivity index (χ3n) is 5.81. The van der Waals surface area contributed by atoms with E-state index in [-0.39, 0.29) is 24.9 Å². The molecule has 168 valence electrons. The minimum atomic E-state index is -0.588. The van der Waals surface area contributed by atoms with Crippen molar-refractivity contribution in [2.45, 2.75) is 18.7 Å². The Bertz CT molecular complexity index is 1220. The SMILES string of the molecule is Cc1ccc2c(c1)N(C(=O)C[N+]1=C3C=CSC3C(=O)N(Cc3ccc(F)cc3)C1=O)CCO2. The number of benzene rings is 2. The first-order valence-electron chi connectivity index (χ1n) is 10.5. The number of amides is 4. The van der Waals surface area contributed by atoms with Crippen LogP contribution in [-0.2, 0) is 16.1 Å². The number of ether oxygens (including phenoxy) is 1. The number of anilines is 1. The molecule has 3 aliphatic heterocycles. The Balaban J connectivity index is 1.44. The topological polar surface area (TPSA) is 69.9 Å². The largest absolute Gasteiger partial charge is 0.501 e. The molecular formula is C24H21FN3O4S+. The predicted molar refractivity (Wildman–Crippen MR) is 122 cm³/mol. The van der Waals surface area contributed by atoms with Crippen molar-refractivity contribution in [2.75, 3.05) is 24.6 Å². The van der Waals surface area contributed by atoms with Gasteiger partial charge in [0.05, 0.1) is 12.2 Å². The summed E-state index contributed by atoms with van der Waals surface area (Å²) in [6.45, 7) is 2.48. The Labute approximate surface area is 194 Å². The molecule has 0 saturated heterocycles. The summed E-state index contributed by atoms with van der Waals surface area (Å²) in [5, 5.41) is 1.17.